The van der Waals surface area contributed by atoms with Gasteiger partial charge in [-0.1, -0.05) is 5.16 Å². The number of aryl methyl sites for hydroxylation is 2. The molecule has 0 radical (unpaired) electrons. The van der Waals surface area contributed by atoms with Gasteiger partial charge in [0.05, 0.1) is 30.5 Å². The third kappa shape index (κ3) is 3.26. The second kappa shape index (κ2) is 7.00. The fraction of sp³-hybridized carbons (Fsp3) is 0.471. The number of pyridine rings is 1. The van der Waals surface area contributed by atoms with Gasteiger partial charge in [-0.05, 0) is 32.9 Å². The lowest BCUT2D eigenvalue weighted by Crippen LogP contribution is -2.37. The molecule has 24 heavy (non-hydrogen) atoms. The fourth-order valence-electron chi connectivity index (χ4n) is 3.00. The summed E-state index contributed by atoms with van der Waals surface area (Å²) in [6.07, 6.45) is 1.73. The SMILES string of the molecule is Cc1noc(C)c1[C@@H](C)C(=O)Nc1cccnc1N1CCOCC1. The molecule has 0 aromatic carbocycles. The molecule has 0 aliphatic carbocycles. The number of ether oxygens (including phenoxy) is 1. The van der Waals surface area contributed by atoms with Gasteiger partial charge in [0.15, 0.2) is 5.82 Å². The highest BCUT2D eigenvalue weighted by Gasteiger charge is 2.24. The Hall–Kier alpha value is -2.41. The van der Waals surface area contributed by atoms with Crippen LogP contribution in [-0.4, -0.2) is 42.4 Å². The zero-order valence-corrected chi connectivity index (χ0v) is 14.2. The Morgan fingerprint density at radius 1 is 1.33 bits per heavy atom. The van der Waals surface area contributed by atoms with Crippen molar-refractivity contribution in [1.29, 1.82) is 0 Å². The summed E-state index contributed by atoms with van der Waals surface area (Å²) in [7, 11) is 0. The largest absolute Gasteiger partial charge is 0.378 e. The third-order valence-electron chi connectivity index (χ3n) is 4.27. The highest BCUT2D eigenvalue weighted by molar-refractivity contribution is 5.98. The first-order valence-electron chi connectivity index (χ1n) is 8.09. The van der Waals surface area contributed by atoms with Gasteiger partial charge in [0, 0.05) is 24.8 Å². The fourth-order valence-corrected chi connectivity index (χ4v) is 3.00. The summed E-state index contributed by atoms with van der Waals surface area (Å²) in [4.78, 5) is 19.3. The van der Waals surface area contributed by atoms with Gasteiger partial charge >= 0.3 is 0 Å². The first-order chi connectivity index (χ1) is 11.6. The van der Waals surface area contributed by atoms with Gasteiger partial charge in [-0.3, -0.25) is 4.79 Å². The van der Waals surface area contributed by atoms with Crippen LogP contribution in [0.3, 0.4) is 0 Å². The number of carbonyl (C=O) groups is 1. The predicted octanol–water partition coefficient (Wildman–Crippen LogP) is 2.27. The topological polar surface area (TPSA) is 80.5 Å². The molecule has 0 bridgehead atoms. The molecule has 1 saturated heterocycles. The zero-order valence-electron chi connectivity index (χ0n) is 14.2. The molecule has 0 spiro atoms. The lowest BCUT2D eigenvalue weighted by Gasteiger charge is -2.29. The smallest absolute Gasteiger partial charge is 0.231 e. The van der Waals surface area contributed by atoms with E-state index in [1.807, 2.05) is 32.9 Å². The average Bonchev–Trinajstić information content (AvgIpc) is 2.94. The predicted molar refractivity (Wildman–Crippen MR) is 90.3 cm³/mol. The van der Waals surface area contributed by atoms with Gasteiger partial charge < -0.3 is 19.5 Å². The zero-order chi connectivity index (χ0) is 17.1. The summed E-state index contributed by atoms with van der Waals surface area (Å²) in [6, 6.07) is 3.69. The minimum atomic E-state index is -0.353. The van der Waals surface area contributed by atoms with Gasteiger partial charge in [-0.15, -0.1) is 0 Å². The summed E-state index contributed by atoms with van der Waals surface area (Å²) in [6.45, 7) is 8.38. The van der Waals surface area contributed by atoms with Gasteiger partial charge in [0.2, 0.25) is 5.91 Å². The van der Waals surface area contributed by atoms with E-state index in [1.54, 1.807) is 6.20 Å². The van der Waals surface area contributed by atoms with Crippen molar-refractivity contribution in [1.82, 2.24) is 10.1 Å². The molecule has 1 aliphatic rings. The normalized spacial score (nSPS) is 16.0. The van der Waals surface area contributed by atoms with Gasteiger partial charge in [0.1, 0.15) is 5.76 Å². The van der Waals surface area contributed by atoms with E-state index in [9.17, 15) is 4.79 Å². The Labute approximate surface area is 141 Å². The molecule has 1 N–H and O–H groups in total. The molecule has 1 aliphatic heterocycles. The summed E-state index contributed by atoms with van der Waals surface area (Å²) in [5, 5.41) is 6.93. The number of hydrogen-bond donors (Lipinski definition) is 1. The number of amides is 1. The van der Waals surface area contributed by atoms with Gasteiger partial charge in [0.25, 0.3) is 0 Å². The van der Waals surface area contributed by atoms with E-state index in [0.717, 1.165) is 30.2 Å². The summed E-state index contributed by atoms with van der Waals surface area (Å²) in [5.41, 5.74) is 2.29. The van der Waals surface area contributed by atoms with E-state index in [0.29, 0.717) is 24.7 Å². The van der Waals surface area contributed by atoms with E-state index in [-0.39, 0.29) is 11.8 Å². The van der Waals surface area contributed by atoms with E-state index >= 15 is 0 Å². The van der Waals surface area contributed by atoms with Crippen molar-refractivity contribution in [3.63, 3.8) is 0 Å². The number of anilines is 2. The van der Waals surface area contributed by atoms with Crippen molar-refractivity contribution in [2.45, 2.75) is 26.7 Å². The number of nitrogens with one attached hydrogen (secondary N) is 1. The number of aromatic nitrogens is 2. The van der Waals surface area contributed by atoms with Crippen LogP contribution in [-0.2, 0) is 9.53 Å². The Morgan fingerprint density at radius 2 is 2.08 bits per heavy atom. The van der Waals surface area contributed by atoms with Crippen molar-refractivity contribution in [3.05, 3.63) is 35.3 Å². The molecule has 7 nitrogen and oxygen atoms in total. The summed E-state index contributed by atoms with van der Waals surface area (Å²) >= 11 is 0. The van der Waals surface area contributed by atoms with Crippen LogP contribution in [0.5, 0.6) is 0 Å². The number of rotatable bonds is 4. The Kier molecular flexibility index (Phi) is 4.80. The molecule has 1 amide bonds. The third-order valence-corrected chi connectivity index (χ3v) is 4.27. The van der Waals surface area contributed by atoms with Crippen LogP contribution in [0, 0.1) is 13.8 Å². The van der Waals surface area contributed by atoms with E-state index in [2.05, 4.69) is 20.4 Å². The quantitative estimate of drug-likeness (QED) is 0.926. The Balaban J connectivity index is 1.79. The van der Waals surface area contributed by atoms with Crippen molar-refractivity contribution in [2.24, 2.45) is 0 Å². The highest BCUT2D eigenvalue weighted by atomic mass is 16.5. The molecule has 0 unspecified atom stereocenters. The summed E-state index contributed by atoms with van der Waals surface area (Å²) < 4.78 is 10.6. The summed E-state index contributed by atoms with van der Waals surface area (Å²) in [5.74, 6) is 0.996. The number of nitrogens with zero attached hydrogens (tertiary/aromatic N) is 3. The highest BCUT2D eigenvalue weighted by Crippen LogP contribution is 2.27. The number of carbonyl (C=O) groups excluding carboxylic acids is 1. The van der Waals surface area contributed by atoms with Gasteiger partial charge in [-0.25, -0.2) is 4.98 Å². The molecule has 3 rings (SSSR count). The minimum Gasteiger partial charge on any atom is -0.378 e. The van der Waals surface area contributed by atoms with Crippen molar-refractivity contribution >= 4 is 17.4 Å². The van der Waals surface area contributed by atoms with Crippen molar-refractivity contribution < 1.29 is 14.1 Å². The molecule has 1 atom stereocenters. The van der Waals surface area contributed by atoms with Crippen molar-refractivity contribution in [2.75, 3.05) is 36.5 Å². The maximum absolute atomic E-state index is 12.7. The van der Waals surface area contributed by atoms with Crippen molar-refractivity contribution in [3.8, 4) is 0 Å². The van der Waals surface area contributed by atoms with Crippen LogP contribution >= 0.6 is 0 Å². The van der Waals surface area contributed by atoms with Crippen LogP contribution in [0.1, 0.15) is 29.9 Å². The molecule has 2 aromatic heterocycles. The molecule has 1 fully saturated rings. The van der Waals surface area contributed by atoms with Gasteiger partial charge in [-0.2, -0.15) is 0 Å². The molecule has 128 valence electrons. The first-order valence-corrected chi connectivity index (χ1v) is 8.09. The molecular formula is C17H22N4O3. The molecule has 2 aromatic rings. The van der Waals surface area contributed by atoms with Crippen LogP contribution in [0.2, 0.25) is 0 Å². The van der Waals surface area contributed by atoms with Crippen LogP contribution < -0.4 is 10.2 Å². The maximum Gasteiger partial charge on any atom is 0.231 e. The second-order valence-electron chi connectivity index (χ2n) is 5.92. The van der Waals surface area contributed by atoms with Crippen LogP contribution in [0.4, 0.5) is 11.5 Å². The molecule has 3 heterocycles. The maximum atomic E-state index is 12.7. The van der Waals surface area contributed by atoms with Crippen LogP contribution in [0.15, 0.2) is 22.9 Å². The lowest BCUT2D eigenvalue weighted by atomic mass is 9.98. The van der Waals surface area contributed by atoms with E-state index in [1.165, 1.54) is 0 Å². The average molecular weight is 330 g/mol. The minimum absolute atomic E-state index is 0.105. The standard InChI is InChI=1S/C17H22N4O3/c1-11(15-12(2)20-24-13(15)3)17(22)19-14-5-4-6-18-16(14)21-7-9-23-10-8-21/h4-6,11H,7-10H2,1-3H3,(H,19,22)/t11-/m1/s1. The Bertz CT molecular complexity index is 703. The van der Waals surface area contributed by atoms with E-state index < -0.39 is 0 Å². The Morgan fingerprint density at radius 3 is 2.75 bits per heavy atom. The second-order valence-corrected chi connectivity index (χ2v) is 5.92. The molecular weight excluding hydrogens is 308 g/mol. The number of hydrogen-bond acceptors (Lipinski definition) is 6. The molecule has 0 saturated carbocycles. The van der Waals surface area contributed by atoms with E-state index in [4.69, 9.17) is 9.26 Å². The monoisotopic (exact) mass is 330 g/mol. The van der Waals surface area contributed by atoms with Crippen LogP contribution in [0.25, 0.3) is 0 Å². The molecule has 7 heteroatoms. The first kappa shape index (κ1) is 16.4. The number of morpholine rings is 1. The lowest BCUT2D eigenvalue weighted by molar-refractivity contribution is -0.117.